The highest BCUT2D eigenvalue weighted by atomic mass is 35.5. The molecule has 29 heavy (non-hydrogen) atoms. The molecular weight excluding hydrogens is 407 g/mol. The highest BCUT2D eigenvalue weighted by molar-refractivity contribution is 6.33. The van der Waals surface area contributed by atoms with E-state index in [1.807, 2.05) is 12.1 Å². The predicted octanol–water partition coefficient (Wildman–Crippen LogP) is 4.92. The Morgan fingerprint density at radius 1 is 1.00 bits per heavy atom. The lowest BCUT2D eigenvalue weighted by atomic mass is 10.1. The van der Waals surface area contributed by atoms with Crippen molar-refractivity contribution in [3.63, 3.8) is 0 Å². The number of benzene rings is 2. The number of carbonyl (C=O) groups is 2. The van der Waals surface area contributed by atoms with Crippen LogP contribution in [0.5, 0.6) is 0 Å². The molecule has 2 amide bonds. The molecule has 0 unspecified atom stereocenters. The van der Waals surface area contributed by atoms with E-state index in [4.69, 9.17) is 11.6 Å². The highest BCUT2D eigenvalue weighted by Gasteiger charge is 2.31. The monoisotopic (exact) mass is 425 g/mol. The number of alkyl halides is 3. The third kappa shape index (κ3) is 5.00. The number of rotatable bonds is 3. The van der Waals surface area contributed by atoms with Gasteiger partial charge in [-0.2, -0.15) is 13.2 Å². The molecule has 0 bridgehead atoms. The maximum absolute atomic E-state index is 12.9. The number of hydrogen-bond acceptors (Lipinski definition) is 3. The van der Waals surface area contributed by atoms with Crippen molar-refractivity contribution in [2.24, 2.45) is 0 Å². The van der Waals surface area contributed by atoms with Crippen LogP contribution in [0, 0.1) is 0 Å². The summed E-state index contributed by atoms with van der Waals surface area (Å²) in [6.45, 7) is 3.42. The standard InChI is InChI=1S/C20H19ClF3N3O2/c1-13(28)14-2-5-16(6-3-14)26-8-10-27(11-9-26)19(29)25-18-12-15(20(22,23)24)4-7-17(18)21/h2-7,12H,8-11H2,1H3,(H,25,29). The van der Waals surface area contributed by atoms with Gasteiger partial charge in [-0.25, -0.2) is 4.79 Å². The van der Waals surface area contributed by atoms with Gasteiger partial charge in [0.05, 0.1) is 16.3 Å². The number of hydrogen-bond donors (Lipinski definition) is 1. The van der Waals surface area contributed by atoms with Gasteiger partial charge in [-0.3, -0.25) is 4.79 Å². The van der Waals surface area contributed by atoms with E-state index in [0.29, 0.717) is 31.7 Å². The molecule has 1 heterocycles. The van der Waals surface area contributed by atoms with Crippen LogP contribution in [0.2, 0.25) is 5.02 Å². The molecule has 0 saturated carbocycles. The third-order valence-electron chi connectivity index (χ3n) is 4.74. The summed E-state index contributed by atoms with van der Waals surface area (Å²) in [6, 6.07) is 9.53. The van der Waals surface area contributed by atoms with Gasteiger partial charge >= 0.3 is 12.2 Å². The Hall–Kier alpha value is -2.74. The molecule has 1 fully saturated rings. The summed E-state index contributed by atoms with van der Waals surface area (Å²) in [6.07, 6.45) is -4.52. The molecule has 2 aromatic rings. The van der Waals surface area contributed by atoms with Crippen molar-refractivity contribution in [1.29, 1.82) is 0 Å². The van der Waals surface area contributed by atoms with Crippen molar-refractivity contribution >= 4 is 34.8 Å². The lowest BCUT2D eigenvalue weighted by molar-refractivity contribution is -0.137. The van der Waals surface area contributed by atoms with Crippen LogP contribution in [0.3, 0.4) is 0 Å². The quantitative estimate of drug-likeness (QED) is 0.710. The number of carbonyl (C=O) groups excluding carboxylic acids is 2. The van der Waals surface area contributed by atoms with Crippen LogP contribution in [0.25, 0.3) is 0 Å². The fraction of sp³-hybridized carbons (Fsp3) is 0.300. The molecule has 0 atom stereocenters. The first-order valence-corrected chi connectivity index (χ1v) is 9.31. The Balaban J connectivity index is 1.61. The van der Waals surface area contributed by atoms with Crippen molar-refractivity contribution in [3.8, 4) is 0 Å². The fourth-order valence-corrected chi connectivity index (χ4v) is 3.23. The molecule has 1 aliphatic rings. The summed E-state index contributed by atoms with van der Waals surface area (Å²) in [7, 11) is 0. The summed E-state index contributed by atoms with van der Waals surface area (Å²) in [4.78, 5) is 27.4. The summed E-state index contributed by atoms with van der Waals surface area (Å²) in [5.74, 6) is -0.00806. The lowest BCUT2D eigenvalue weighted by Crippen LogP contribution is -2.50. The fourth-order valence-electron chi connectivity index (χ4n) is 3.07. The lowest BCUT2D eigenvalue weighted by Gasteiger charge is -2.36. The van der Waals surface area contributed by atoms with Crippen molar-refractivity contribution in [3.05, 3.63) is 58.6 Å². The van der Waals surface area contributed by atoms with Crippen LogP contribution >= 0.6 is 11.6 Å². The Morgan fingerprint density at radius 2 is 1.62 bits per heavy atom. The van der Waals surface area contributed by atoms with Crippen LogP contribution in [0.4, 0.5) is 29.3 Å². The average Bonchev–Trinajstić information content (AvgIpc) is 2.69. The van der Waals surface area contributed by atoms with E-state index in [0.717, 1.165) is 23.9 Å². The first-order chi connectivity index (χ1) is 13.6. The molecule has 5 nitrogen and oxygen atoms in total. The first-order valence-electron chi connectivity index (χ1n) is 8.94. The van der Waals surface area contributed by atoms with E-state index in [9.17, 15) is 22.8 Å². The van der Waals surface area contributed by atoms with Gasteiger partial charge in [-0.05, 0) is 49.4 Å². The van der Waals surface area contributed by atoms with Crippen molar-refractivity contribution in [2.45, 2.75) is 13.1 Å². The van der Waals surface area contributed by atoms with Crippen LogP contribution < -0.4 is 10.2 Å². The Morgan fingerprint density at radius 3 is 2.17 bits per heavy atom. The van der Waals surface area contributed by atoms with E-state index < -0.39 is 17.8 Å². The average molecular weight is 426 g/mol. The largest absolute Gasteiger partial charge is 0.416 e. The number of halogens is 4. The van der Waals surface area contributed by atoms with E-state index in [1.54, 1.807) is 12.1 Å². The minimum absolute atomic E-state index is 0.00806. The third-order valence-corrected chi connectivity index (χ3v) is 5.07. The number of nitrogens with one attached hydrogen (secondary N) is 1. The molecule has 0 radical (unpaired) electrons. The Kier molecular flexibility index (Phi) is 6.02. The molecule has 154 valence electrons. The SMILES string of the molecule is CC(=O)c1ccc(N2CCN(C(=O)Nc3cc(C(F)(F)F)ccc3Cl)CC2)cc1. The van der Waals surface area contributed by atoms with Gasteiger partial charge in [-0.1, -0.05) is 11.6 Å². The molecular formula is C20H19ClF3N3O2. The zero-order valence-electron chi connectivity index (χ0n) is 15.6. The number of amides is 2. The zero-order valence-corrected chi connectivity index (χ0v) is 16.3. The number of urea groups is 1. The first kappa shape index (κ1) is 21.0. The molecule has 0 aromatic heterocycles. The molecule has 9 heteroatoms. The molecule has 2 aromatic carbocycles. The highest BCUT2D eigenvalue weighted by Crippen LogP contribution is 2.34. The van der Waals surface area contributed by atoms with Crippen LogP contribution in [0.15, 0.2) is 42.5 Å². The predicted molar refractivity (Wildman–Crippen MR) is 106 cm³/mol. The normalized spacial score (nSPS) is 14.7. The second-order valence-electron chi connectivity index (χ2n) is 6.70. The number of Topliss-reactive ketones (excluding diaryl/α,β-unsaturated/α-hetero) is 1. The summed E-state index contributed by atoms with van der Waals surface area (Å²) in [5.41, 5.74) is 0.616. The molecule has 1 saturated heterocycles. The van der Waals surface area contributed by atoms with Gasteiger partial charge in [0.1, 0.15) is 0 Å². The van der Waals surface area contributed by atoms with Gasteiger partial charge in [0.15, 0.2) is 5.78 Å². The molecule has 0 spiro atoms. The van der Waals surface area contributed by atoms with E-state index >= 15 is 0 Å². The van der Waals surface area contributed by atoms with Gasteiger partial charge in [0.2, 0.25) is 0 Å². The molecule has 3 rings (SSSR count). The number of anilines is 2. The van der Waals surface area contributed by atoms with Gasteiger partial charge < -0.3 is 15.1 Å². The summed E-state index contributed by atoms with van der Waals surface area (Å²) >= 11 is 5.93. The summed E-state index contributed by atoms with van der Waals surface area (Å²) < 4.78 is 38.6. The van der Waals surface area contributed by atoms with Gasteiger partial charge in [0, 0.05) is 37.4 Å². The van der Waals surface area contributed by atoms with Crippen molar-refractivity contribution in [1.82, 2.24) is 4.90 Å². The van der Waals surface area contributed by atoms with E-state index in [-0.39, 0.29) is 16.5 Å². The minimum Gasteiger partial charge on any atom is -0.368 e. The molecule has 0 aliphatic carbocycles. The van der Waals surface area contributed by atoms with Crippen LogP contribution in [0.1, 0.15) is 22.8 Å². The molecule has 1 aliphatic heterocycles. The number of nitrogens with zero attached hydrogens (tertiary/aromatic N) is 2. The van der Waals surface area contributed by atoms with E-state index in [2.05, 4.69) is 10.2 Å². The maximum Gasteiger partial charge on any atom is 0.416 e. The van der Waals surface area contributed by atoms with Gasteiger partial charge in [-0.15, -0.1) is 0 Å². The van der Waals surface area contributed by atoms with Crippen LogP contribution in [-0.4, -0.2) is 42.9 Å². The number of piperazine rings is 1. The molecule has 1 N–H and O–H groups in total. The zero-order chi connectivity index (χ0) is 21.2. The maximum atomic E-state index is 12.9. The smallest absolute Gasteiger partial charge is 0.368 e. The topological polar surface area (TPSA) is 52.7 Å². The minimum atomic E-state index is -4.52. The van der Waals surface area contributed by atoms with Crippen molar-refractivity contribution in [2.75, 3.05) is 36.4 Å². The Labute approximate surface area is 171 Å². The Bertz CT molecular complexity index is 908. The van der Waals surface area contributed by atoms with Gasteiger partial charge in [0.25, 0.3) is 0 Å². The second-order valence-corrected chi connectivity index (χ2v) is 7.11. The summed E-state index contributed by atoms with van der Waals surface area (Å²) in [5, 5.41) is 2.50. The second kappa shape index (κ2) is 8.32. The van der Waals surface area contributed by atoms with Crippen molar-refractivity contribution < 1.29 is 22.8 Å². The number of ketones is 1. The van der Waals surface area contributed by atoms with E-state index in [1.165, 1.54) is 11.8 Å². The van der Waals surface area contributed by atoms with Crippen LogP contribution in [-0.2, 0) is 6.18 Å².